The highest BCUT2D eigenvalue weighted by Gasteiger charge is 2.45. The smallest absolute Gasteiger partial charge is 0.295 e. The molecule has 1 unspecified atom stereocenters. The van der Waals surface area contributed by atoms with Crippen LogP contribution in [0, 0.1) is 0 Å². The Labute approximate surface area is 195 Å². The molecule has 0 spiro atoms. The Morgan fingerprint density at radius 2 is 1.88 bits per heavy atom. The quantitative estimate of drug-likeness (QED) is 0.312. The van der Waals surface area contributed by atoms with Gasteiger partial charge >= 0.3 is 0 Å². The van der Waals surface area contributed by atoms with Crippen molar-refractivity contribution in [2.24, 2.45) is 0 Å². The number of amides is 1. The summed E-state index contributed by atoms with van der Waals surface area (Å²) in [7, 11) is 1.57. The van der Waals surface area contributed by atoms with Gasteiger partial charge in [0.15, 0.2) is 0 Å². The Balaban J connectivity index is 2.18. The van der Waals surface area contributed by atoms with E-state index in [0.717, 1.165) is 29.7 Å². The molecule has 33 heavy (non-hydrogen) atoms. The summed E-state index contributed by atoms with van der Waals surface area (Å²) in [5.41, 5.74) is 2.24. The molecule has 0 aliphatic carbocycles. The van der Waals surface area contributed by atoms with Crippen molar-refractivity contribution in [3.05, 3.63) is 64.7 Å². The molecule has 1 aliphatic heterocycles. The van der Waals surface area contributed by atoms with Crippen molar-refractivity contribution < 1.29 is 24.2 Å². The second-order valence-corrected chi connectivity index (χ2v) is 8.46. The van der Waals surface area contributed by atoms with E-state index in [2.05, 4.69) is 0 Å². The topological polar surface area (TPSA) is 76.1 Å². The molecule has 1 N–H and O–H groups in total. The van der Waals surface area contributed by atoms with Crippen molar-refractivity contribution in [2.45, 2.75) is 52.5 Å². The van der Waals surface area contributed by atoms with Gasteiger partial charge in [0.05, 0.1) is 25.3 Å². The molecule has 0 aromatic heterocycles. The third-order valence-electron chi connectivity index (χ3n) is 5.91. The van der Waals surface area contributed by atoms with Crippen LogP contribution in [-0.4, -0.2) is 42.0 Å². The zero-order valence-corrected chi connectivity index (χ0v) is 20.1. The van der Waals surface area contributed by atoms with E-state index in [1.54, 1.807) is 24.1 Å². The largest absolute Gasteiger partial charge is 0.507 e. The normalized spacial score (nSPS) is 17.6. The SMILES string of the molecule is CCCCN1C(=O)C(=O)/C(=C(\O)c2ccc(OCC)c(C(C)C)c2)C1c1cccc(OC)c1. The summed E-state index contributed by atoms with van der Waals surface area (Å²) in [5.74, 6) is 0.0864. The van der Waals surface area contributed by atoms with Crippen molar-refractivity contribution >= 4 is 17.4 Å². The molecule has 1 saturated heterocycles. The summed E-state index contributed by atoms with van der Waals surface area (Å²) in [4.78, 5) is 27.7. The first kappa shape index (κ1) is 24.4. The minimum Gasteiger partial charge on any atom is -0.507 e. The predicted octanol–water partition coefficient (Wildman–Crippen LogP) is 5.44. The van der Waals surface area contributed by atoms with Crippen LogP contribution in [0.15, 0.2) is 48.0 Å². The zero-order chi connectivity index (χ0) is 24.1. The summed E-state index contributed by atoms with van der Waals surface area (Å²) in [6.45, 7) is 9.00. The van der Waals surface area contributed by atoms with Gasteiger partial charge in [-0.3, -0.25) is 9.59 Å². The van der Waals surface area contributed by atoms with Gasteiger partial charge in [-0.2, -0.15) is 0 Å². The van der Waals surface area contributed by atoms with Crippen molar-refractivity contribution in [1.82, 2.24) is 4.90 Å². The third-order valence-corrected chi connectivity index (χ3v) is 5.91. The molecule has 0 bridgehead atoms. The van der Waals surface area contributed by atoms with Crippen LogP contribution in [0.2, 0.25) is 0 Å². The predicted molar refractivity (Wildman–Crippen MR) is 129 cm³/mol. The molecule has 2 aromatic rings. The summed E-state index contributed by atoms with van der Waals surface area (Å²) >= 11 is 0. The number of Topliss-reactive ketones (excluding diaryl/α,β-unsaturated/α-hetero) is 1. The maximum absolute atomic E-state index is 13.2. The second-order valence-electron chi connectivity index (χ2n) is 8.46. The van der Waals surface area contributed by atoms with Crippen LogP contribution in [0.25, 0.3) is 5.76 Å². The molecule has 6 nitrogen and oxygen atoms in total. The molecule has 3 rings (SSSR count). The van der Waals surface area contributed by atoms with Crippen LogP contribution in [0.5, 0.6) is 11.5 Å². The lowest BCUT2D eigenvalue weighted by Crippen LogP contribution is -2.30. The fourth-order valence-electron chi connectivity index (χ4n) is 4.19. The standard InChI is InChI=1S/C27H33NO5/c1-6-8-14-28-24(18-10-9-11-20(15-18)32-5)23(26(30)27(28)31)25(29)19-12-13-22(33-7-2)21(16-19)17(3)4/h9-13,15-17,24,29H,6-8,14H2,1-5H3/b25-23-. The molecule has 1 atom stereocenters. The van der Waals surface area contributed by atoms with Crippen molar-refractivity contribution in [3.8, 4) is 11.5 Å². The van der Waals surface area contributed by atoms with Gasteiger partial charge in [-0.05, 0) is 60.7 Å². The number of carbonyl (C=O) groups is 2. The minimum atomic E-state index is -0.680. The van der Waals surface area contributed by atoms with Gasteiger partial charge in [0.25, 0.3) is 11.7 Å². The summed E-state index contributed by atoms with van der Waals surface area (Å²) in [5, 5.41) is 11.3. The van der Waals surface area contributed by atoms with E-state index in [1.165, 1.54) is 0 Å². The van der Waals surface area contributed by atoms with Crippen LogP contribution < -0.4 is 9.47 Å². The van der Waals surface area contributed by atoms with E-state index in [1.807, 2.05) is 58.0 Å². The van der Waals surface area contributed by atoms with E-state index in [9.17, 15) is 14.7 Å². The highest BCUT2D eigenvalue weighted by molar-refractivity contribution is 6.46. The number of hydrogen-bond donors (Lipinski definition) is 1. The number of hydrogen-bond acceptors (Lipinski definition) is 5. The third kappa shape index (κ3) is 4.90. The first-order chi connectivity index (χ1) is 15.8. The maximum Gasteiger partial charge on any atom is 0.295 e. The summed E-state index contributed by atoms with van der Waals surface area (Å²) in [6.07, 6.45) is 1.64. The Bertz CT molecular complexity index is 1060. The van der Waals surface area contributed by atoms with E-state index in [-0.39, 0.29) is 17.3 Å². The fraction of sp³-hybridized carbons (Fsp3) is 0.407. The number of methoxy groups -OCH3 is 1. The number of ether oxygens (including phenoxy) is 2. The molecule has 176 valence electrons. The second kappa shape index (κ2) is 10.6. The van der Waals surface area contributed by atoms with Crippen molar-refractivity contribution in [1.29, 1.82) is 0 Å². The lowest BCUT2D eigenvalue weighted by Gasteiger charge is -2.25. The number of ketones is 1. The van der Waals surface area contributed by atoms with Gasteiger partial charge in [-0.15, -0.1) is 0 Å². The number of aliphatic hydroxyl groups excluding tert-OH is 1. The lowest BCUT2D eigenvalue weighted by atomic mass is 9.93. The average Bonchev–Trinajstić information content (AvgIpc) is 3.07. The van der Waals surface area contributed by atoms with E-state index in [4.69, 9.17) is 9.47 Å². The highest BCUT2D eigenvalue weighted by atomic mass is 16.5. The molecular weight excluding hydrogens is 418 g/mol. The Hall–Kier alpha value is -3.28. The number of aliphatic hydroxyl groups is 1. The van der Waals surface area contributed by atoms with Gasteiger partial charge in [-0.1, -0.05) is 39.3 Å². The van der Waals surface area contributed by atoms with E-state index >= 15 is 0 Å². The number of unbranched alkanes of at least 4 members (excludes halogenated alkanes) is 1. The van der Waals surface area contributed by atoms with Crippen LogP contribution in [0.4, 0.5) is 0 Å². The Morgan fingerprint density at radius 3 is 2.52 bits per heavy atom. The Kier molecular flexibility index (Phi) is 7.79. The van der Waals surface area contributed by atoms with Crippen LogP contribution >= 0.6 is 0 Å². The highest BCUT2D eigenvalue weighted by Crippen LogP contribution is 2.41. The van der Waals surface area contributed by atoms with E-state index < -0.39 is 17.7 Å². The molecule has 1 fully saturated rings. The molecule has 0 radical (unpaired) electrons. The minimum absolute atomic E-state index is 0.100. The first-order valence-electron chi connectivity index (χ1n) is 11.5. The fourth-order valence-corrected chi connectivity index (χ4v) is 4.19. The zero-order valence-electron chi connectivity index (χ0n) is 20.1. The van der Waals surface area contributed by atoms with Gasteiger partial charge in [0.1, 0.15) is 17.3 Å². The number of likely N-dealkylation sites (tertiary alicyclic amines) is 1. The van der Waals surface area contributed by atoms with Gasteiger partial charge in [0.2, 0.25) is 0 Å². The van der Waals surface area contributed by atoms with Crippen molar-refractivity contribution in [3.63, 3.8) is 0 Å². The molecule has 2 aromatic carbocycles. The monoisotopic (exact) mass is 451 g/mol. The van der Waals surface area contributed by atoms with Gasteiger partial charge in [0, 0.05) is 12.1 Å². The maximum atomic E-state index is 13.2. The van der Waals surface area contributed by atoms with Gasteiger partial charge in [-0.25, -0.2) is 0 Å². The van der Waals surface area contributed by atoms with Crippen LogP contribution in [0.3, 0.4) is 0 Å². The molecular formula is C27H33NO5. The summed E-state index contributed by atoms with van der Waals surface area (Å²) in [6, 6.07) is 12.0. The molecule has 1 aliphatic rings. The number of carbonyl (C=O) groups excluding carboxylic acids is 2. The number of rotatable bonds is 9. The summed E-state index contributed by atoms with van der Waals surface area (Å²) < 4.78 is 11.1. The van der Waals surface area contributed by atoms with Crippen LogP contribution in [0.1, 0.15) is 69.2 Å². The number of benzene rings is 2. The molecule has 0 saturated carbocycles. The Morgan fingerprint density at radius 1 is 1.12 bits per heavy atom. The molecule has 1 amide bonds. The number of nitrogens with zero attached hydrogens (tertiary/aromatic N) is 1. The van der Waals surface area contributed by atoms with Gasteiger partial charge < -0.3 is 19.5 Å². The average molecular weight is 452 g/mol. The lowest BCUT2D eigenvalue weighted by molar-refractivity contribution is -0.139. The van der Waals surface area contributed by atoms with Crippen LogP contribution in [-0.2, 0) is 9.59 Å². The molecule has 1 heterocycles. The van der Waals surface area contributed by atoms with E-state index in [0.29, 0.717) is 24.5 Å². The first-order valence-corrected chi connectivity index (χ1v) is 11.5. The van der Waals surface area contributed by atoms with Crippen molar-refractivity contribution in [2.75, 3.05) is 20.3 Å². The molecule has 6 heteroatoms.